The summed E-state index contributed by atoms with van der Waals surface area (Å²) in [5.41, 5.74) is 1.76. The normalized spacial score (nSPS) is 10.7. The van der Waals surface area contributed by atoms with Gasteiger partial charge in [0.2, 0.25) is 0 Å². The van der Waals surface area contributed by atoms with Crippen molar-refractivity contribution in [3.8, 4) is 16.3 Å². The van der Waals surface area contributed by atoms with E-state index in [1.54, 1.807) is 42.5 Å². The Hall–Kier alpha value is -2.96. The summed E-state index contributed by atoms with van der Waals surface area (Å²) < 4.78 is 15.4. The zero-order valence-electron chi connectivity index (χ0n) is 13.9. The van der Waals surface area contributed by atoms with Crippen LogP contribution in [0.15, 0.2) is 72.1 Å². The highest BCUT2D eigenvalue weighted by molar-refractivity contribution is 7.13. The van der Waals surface area contributed by atoms with Gasteiger partial charge < -0.3 is 5.32 Å². The highest BCUT2D eigenvalue weighted by atomic mass is 35.5. The van der Waals surface area contributed by atoms with Crippen molar-refractivity contribution in [2.24, 2.45) is 0 Å². The van der Waals surface area contributed by atoms with Gasteiger partial charge in [-0.15, -0.1) is 11.3 Å². The van der Waals surface area contributed by atoms with Gasteiger partial charge in [0.1, 0.15) is 17.2 Å². The molecule has 0 fully saturated rings. The molecular formula is C20H13ClFN3OS. The van der Waals surface area contributed by atoms with E-state index in [4.69, 9.17) is 11.6 Å². The minimum absolute atomic E-state index is 0.115. The average Bonchev–Trinajstić information content (AvgIpc) is 3.33. The smallest absolute Gasteiger partial charge is 0.274 e. The van der Waals surface area contributed by atoms with Gasteiger partial charge in [-0.25, -0.2) is 9.07 Å². The van der Waals surface area contributed by atoms with Crippen LogP contribution in [0.1, 0.15) is 10.5 Å². The molecule has 0 radical (unpaired) electrons. The predicted octanol–water partition coefficient (Wildman–Crippen LogP) is 5.65. The average molecular weight is 398 g/mol. The van der Waals surface area contributed by atoms with Crippen molar-refractivity contribution in [2.45, 2.75) is 0 Å². The second-order valence-corrected chi connectivity index (χ2v) is 7.10. The summed E-state index contributed by atoms with van der Waals surface area (Å²) in [6.07, 6.45) is 0. The van der Waals surface area contributed by atoms with Gasteiger partial charge in [-0.05, 0) is 53.9 Å². The number of para-hydroxylation sites is 1. The Balaban J connectivity index is 1.77. The topological polar surface area (TPSA) is 46.9 Å². The van der Waals surface area contributed by atoms with E-state index in [0.29, 0.717) is 22.1 Å². The Morgan fingerprint density at radius 1 is 1.07 bits per heavy atom. The van der Waals surface area contributed by atoms with E-state index >= 15 is 0 Å². The Labute approximate surface area is 163 Å². The van der Waals surface area contributed by atoms with Gasteiger partial charge in [-0.2, -0.15) is 5.10 Å². The number of hydrogen-bond acceptors (Lipinski definition) is 3. The summed E-state index contributed by atoms with van der Waals surface area (Å²) in [7, 11) is 0. The van der Waals surface area contributed by atoms with Gasteiger partial charge >= 0.3 is 0 Å². The third kappa shape index (κ3) is 3.63. The maximum atomic E-state index is 13.9. The van der Waals surface area contributed by atoms with Crippen LogP contribution in [-0.2, 0) is 0 Å². The molecule has 0 aliphatic carbocycles. The third-order valence-corrected chi connectivity index (χ3v) is 5.05. The van der Waals surface area contributed by atoms with Crippen molar-refractivity contribution in [1.82, 2.24) is 9.78 Å². The standard InChI is InChI=1S/C20H13ClFN3OS/c21-13-7-9-14(10-8-13)25-18(12-17(24-25)19-6-3-11-27-19)20(26)23-16-5-2-1-4-15(16)22/h1-12H,(H,23,26). The largest absolute Gasteiger partial charge is 0.318 e. The van der Waals surface area contributed by atoms with Crippen LogP contribution in [-0.4, -0.2) is 15.7 Å². The van der Waals surface area contributed by atoms with E-state index in [1.807, 2.05) is 17.5 Å². The molecule has 0 atom stereocenters. The van der Waals surface area contributed by atoms with Crippen LogP contribution >= 0.6 is 22.9 Å². The number of halogens is 2. The Bertz CT molecular complexity index is 1090. The highest BCUT2D eigenvalue weighted by Gasteiger charge is 2.19. The minimum atomic E-state index is -0.498. The maximum Gasteiger partial charge on any atom is 0.274 e. The first-order valence-corrected chi connectivity index (χ1v) is 9.33. The van der Waals surface area contributed by atoms with Crippen LogP contribution in [0.5, 0.6) is 0 Å². The second-order valence-electron chi connectivity index (χ2n) is 5.71. The lowest BCUT2D eigenvalue weighted by Gasteiger charge is -2.09. The summed E-state index contributed by atoms with van der Waals surface area (Å²) in [6, 6.07) is 18.6. The number of carbonyl (C=O) groups excluding carboxylic acids is 1. The first kappa shape index (κ1) is 17.5. The van der Waals surface area contributed by atoms with Crippen molar-refractivity contribution in [2.75, 3.05) is 5.32 Å². The second kappa shape index (κ2) is 7.34. The molecule has 2 aromatic heterocycles. The lowest BCUT2D eigenvalue weighted by molar-refractivity contribution is 0.101. The molecule has 7 heteroatoms. The van der Waals surface area contributed by atoms with Gasteiger partial charge in [0.15, 0.2) is 0 Å². The first-order chi connectivity index (χ1) is 13.1. The van der Waals surface area contributed by atoms with Crippen molar-refractivity contribution < 1.29 is 9.18 Å². The molecule has 1 N–H and O–H groups in total. The summed E-state index contributed by atoms with van der Waals surface area (Å²) in [4.78, 5) is 13.8. The SMILES string of the molecule is O=C(Nc1ccccc1F)c1cc(-c2cccs2)nn1-c1ccc(Cl)cc1. The molecule has 0 saturated carbocycles. The summed E-state index contributed by atoms with van der Waals surface area (Å²) in [5, 5.41) is 9.70. The first-order valence-electron chi connectivity index (χ1n) is 8.07. The zero-order valence-corrected chi connectivity index (χ0v) is 15.5. The molecule has 27 heavy (non-hydrogen) atoms. The number of amides is 1. The van der Waals surface area contributed by atoms with E-state index < -0.39 is 11.7 Å². The van der Waals surface area contributed by atoms with Crippen LogP contribution in [0.3, 0.4) is 0 Å². The molecule has 4 nitrogen and oxygen atoms in total. The molecular weight excluding hydrogens is 385 g/mol. The number of nitrogens with one attached hydrogen (secondary N) is 1. The molecule has 0 aliphatic rings. The molecule has 0 spiro atoms. The number of aromatic nitrogens is 2. The van der Waals surface area contributed by atoms with Crippen molar-refractivity contribution in [3.05, 3.63) is 88.6 Å². The monoisotopic (exact) mass is 397 g/mol. The van der Waals surface area contributed by atoms with Crippen molar-refractivity contribution >= 4 is 34.5 Å². The van der Waals surface area contributed by atoms with E-state index in [1.165, 1.54) is 28.2 Å². The molecule has 1 amide bonds. The number of hydrogen-bond donors (Lipinski definition) is 1. The number of thiophene rings is 1. The predicted molar refractivity (Wildman–Crippen MR) is 106 cm³/mol. The highest BCUT2D eigenvalue weighted by Crippen LogP contribution is 2.27. The number of carbonyl (C=O) groups is 1. The van der Waals surface area contributed by atoms with Crippen LogP contribution in [0.4, 0.5) is 10.1 Å². The molecule has 4 rings (SSSR count). The molecule has 134 valence electrons. The summed E-state index contributed by atoms with van der Waals surface area (Å²) in [6.45, 7) is 0. The summed E-state index contributed by atoms with van der Waals surface area (Å²) >= 11 is 7.49. The Morgan fingerprint density at radius 3 is 2.56 bits per heavy atom. The van der Waals surface area contributed by atoms with E-state index in [0.717, 1.165) is 4.88 Å². The molecule has 0 aliphatic heterocycles. The molecule has 0 saturated heterocycles. The van der Waals surface area contributed by atoms with Crippen molar-refractivity contribution in [3.63, 3.8) is 0 Å². The van der Waals surface area contributed by atoms with Crippen LogP contribution in [0.2, 0.25) is 5.02 Å². The Kier molecular flexibility index (Phi) is 4.75. The van der Waals surface area contributed by atoms with Crippen LogP contribution in [0.25, 0.3) is 16.3 Å². The number of nitrogens with zero attached hydrogens (tertiary/aromatic N) is 2. The van der Waals surface area contributed by atoms with Gasteiger partial charge in [0, 0.05) is 5.02 Å². The fourth-order valence-corrected chi connectivity index (χ4v) is 3.42. The lowest BCUT2D eigenvalue weighted by atomic mass is 10.2. The molecule has 0 unspecified atom stereocenters. The molecule has 2 heterocycles. The van der Waals surface area contributed by atoms with E-state index in [-0.39, 0.29) is 5.69 Å². The molecule has 0 bridgehead atoms. The van der Waals surface area contributed by atoms with E-state index in [9.17, 15) is 9.18 Å². The minimum Gasteiger partial charge on any atom is -0.318 e. The van der Waals surface area contributed by atoms with E-state index in [2.05, 4.69) is 10.4 Å². The number of rotatable bonds is 4. The Morgan fingerprint density at radius 2 is 1.85 bits per heavy atom. The quantitative estimate of drug-likeness (QED) is 0.484. The van der Waals surface area contributed by atoms with Crippen molar-refractivity contribution in [1.29, 1.82) is 0 Å². The molecule has 2 aromatic carbocycles. The fourth-order valence-electron chi connectivity index (χ4n) is 2.62. The number of benzene rings is 2. The summed E-state index contributed by atoms with van der Waals surface area (Å²) in [5.74, 6) is -0.952. The van der Waals surface area contributed by atoms with Gasteiger partial charge in [-0.1, -0.05) is 29.8 Å². The maximum absolute atomic E-state index is 13.9. The van der Waals surface area contributed by atoms with Crippen LogP contribution in [0, 0.1) is 5.82 Å². The number of anilines is 1. The fraction of sp³-hybridized carbons (Fsp3) is 0. The van der Waals surface area contributed by atoms with Gasteiger partial charge in [0.25, 0.3) is 5.91 Å². The van der Waals surface area contributed by atoms with Gasteiger partial charge in [-0.3, -0.25) is 4.79 Å². The zero-order chi connectivity index (χ0) is 18.8. The lowest BCUT2D eigenvalue weighted by Crippen LogP contribution is -2.17. The molecule has 4 aromatic rings. The van der Waals surface area contributed by atoms with Gasteiger partial charge in [0.05, 0.1) is 16.3 Å². The van der Waals surface area contributed by atoms with Crippen LogP contribution < -0.4 is 5.32 Å². The third-order valence-electron chi connectivity index (χ3n) is 3.91.